The van der Waals surface area contributed by atoms with Crippen LogP contribution in [0.5, 0.6) is 0 Å². The molecule has 0 saturated heterocycles. The van der Waals surface area contributed by atoms with Gasteiger partial charge in [-0.2, -0.15) is 0 Å². The number of carbonyl (C=O) groups is 1. The topological polar surface area (TPSA) is 30.2 Å². The van der Waals surface area contributed by atoms with Crippen molar-refractivity contribution in [2.75, 3.05) is 0 Å². The van der Waals surface area contributed by atoms with Crippen LogP contribution in [0.25, 0.3) is 0 Å². The molecule has 2 rings (SSSR count). The van der Waals surface area contributed by atoms with Crippen molar-refractivity contribution in [1.29, 1.82) is 0 Å². The van der Waals surface area contributed by atoms with Gasteiger partial charge in [-0.1, -0.05) is 23.7 Å². The van der Waals surface area contributed by atoms with Gasteiger partial charge in [-0.3, -0.25) is 4.79 Å². The molecule has 0 unspecified atom stereocenters. The third-order valence-corrected chi connectivity index (χ3v) is 2.86. The van der Waals surface area contributed by atoms with Crippen LogP contribution in [0, 0.1) is 5.82 Å². The van der Waals surface area contributed by atoms with E-state index in [-0.39, 0.29) is 28.2 Å². The highest BCUT2D eigenvalue weighted by atomic mass is 35.5. The summed E-state index contributed by atoms with van der Waals surface area (Å²) in [6.07, 6.45) is -0.0273. The van der Waals surface area contributed by atoms with Crippen LogP contribution < -0.4 is 0 Å². The maximum absolute atomic E-state index is 13.1. The molecule has 0 aliphatic heterocycles. The number of carbonyl (C=O) groups excluding carboxylic acids is 1. The fraction of sp³-hybridized carbons (Fsp3) is 0.0833. The second kappa shape index (κ2) is 4.90. The summed E-state index contributed by atoms with van der Waals surface area (Å²) < 4.78 is 18.1. The number of rotatable bonds is 3. The largest absolute Gasteiger partial charge is 0.442 e. The molecule has 17 heavy (non-hydrogen) atoms. The van der Waals surface area contributed by atoms with E-state index < -0.39 is 5.82 Å². The number of halogens is 3. The summed E-state index contributed by atoms with van der Waals surface area (Å²) in [6, 6.07) is 7.27. The highest BCUT2D eigenvalue weighted by Gasteiger charge is 2.14. The number of ketones is 1. The summed E-state index contributed by atoms with van der Waals surface area (Å²) in [5.41, 5.74) is 0.421. The molecule has 88 valence electrons. The Bertz CT molecular complexity index is 563. The van der Waals surface area contributed by atoms with Crippen molar-refractivity contribution in [3.63, 3.8) is 0 Å². The molecule has 0 aliphatic carbocycles. The molecule has 0 bridgehead atoms. The number of hydrogen-bond acceptors (Lipinski definition) is 2. The Morgan fingerprint density at radius 1 is 1.24 bits per heavy atom. The Balaban J connectivity index is 2.21. The molecule has 2 nitrogen and oxygen atoms in total. The van der Waals surface area contributed by atoms with Crippen molar-refractivity contribution in [1.82, 2.24) is 0 Å². The van der Waals surface area contributed by atoms with Crippen molar-refractivity contribution >= 4 is 29.0 Å². The van der Waals surface area contributed by atoms with Crippen LogP contribution in [0.4, 0.5) is 4.39 Å². The average molecular weight is 273 g/mol. The van der Waals surface area contributed by atoms with E-state index in [1.807, 2.05) is 0 Å². The van der Waals surface area contributed by atoms with Crippen molar-refractivity contribution in [3.05, 3.63) is 57.7 Å². The Morgan fingerprint density at radius 2 is 2.00 bits per heavy atom. The molecule has 0 radical (unpaired) electrons. The van der Waals surface area contributed by atoms with E-state index in [0.717, 1.165) is 0 Å². The molecule has 0 aliphatic rings. The van der Waals surface area contributed by atoms with Gasteiger partial charge >= 0.3 is 0 Å². The number of Topliss-reactive ketones (excluding diaryl/α,β-unsaturated/α-hetero) is 1. The summed E-state index contributed by atoms with van der Waals surface area (Å²) in [6.45, 7) is 0. The fourth-order valence-electron chi connectivity index (χ4n) is 1.41. The van der Waals surface area contributed by atoms with E-state index in [0.29, 0.717) is 5.56 Å². The maximum Gasteiger partial charge on any atom is 0.202 e. The second-order valence-electron chi connectivity index (χ2n) is 3.42. The van der Waals surface area contributed by atoms with Crippen LogP contribution in [0.3, 0.4) is 0 Å². The van der Waals surface area contributed by atoms with Gasteiger partial charge in [0.2, 0.25) is 5.78 Å². The summed E-state index contributed by atoms with van der Waals surface area (Å²) in [5.74, 6) is -0.714. The molecule has 1 aromatic carbocycles. The lowest BCUT2D eigenvalue weighted by Gasteiger charge is -2.02. The van der Waals surface area contributed by atoms with Gasteiger partial charge in [0, 0.05) is 6.42 Å². The normalized spacial score (nSPS) is 10.5. The predicted octanol–water partition coefficient (Wildman–Crippen LogP) is 4.15. The van der Waals surface area contributed by atoms with E-state index >= 15 is 0 Å². The fourth-order valence-corrected chi connectivity index (χ4v) is 1.75. The van der Waals surface area contributed by atoms with Crippen LogP contribution in [-0.2, 0) is 6.42 Å². The van der Waals surface area contributed by atoms with Crippen molar-refractivity contribution in [2.24, 2.45) is 0 Å². The number of benzene rings is 1. The summed E-state index contributed by atoms with van der Waals surface area (Å²) >= 11 is 11.3. The second-order valence-corrected chi connectivity index (χ2v) is 4.17. The third kappa shape index (κ3) is 2.68. The van der Waals surface area contributed by atoms with Gasteiger partial charge in [0.1, 0.15) is 5.82 Å². The molecule has 2 aromatic rings. The van der Waals surface area contributed by atoms with Gasteiger partial charge < -0.3 is 4.42 Å². The van der Waals surface area contributed by atoms with Gasteiger partial charge in [0.15, 0.2) is 11.0 Å². The van der Waals surface area contributed by atoms with E-state index in [4.69, 9.17) is 27.6 Å². The number of furan rings is 1. The Labute approximate surface area is 107 Å². The van der Waals surface area contributed by atoms with Crippen molar-refractivity contribution < 1.29 is 13.6 Å². The highest BCUT2D eigenvalue weighted by Crippen LogP contribution is 2.22. The van der Waals surface area contributed by atoms with Gasteiger partial charge in [0.05, 0.1) is 5.02 Å². The Morgan fingerprint density at radius 3 is 2.65 bits per heavy atom. The van der Waals surface area contributed by atoms with Crippen LogP contribution >= 0.6 is 23.2 Å². The summed E-state index contributed by atoms with van der Waals surface area (Å²) in [7, 11) is 0. The third-order valence-electron chi connectivity index (χ3n) is 2.23. The first-order chi connectivity index (χ1) is 8.08. The Kier molecular flexibility index (Phi) is 3.50. The first-order valence-corrected chi connectivity index (χ1v) is 5.55. The van der Waals surface area contributed by atoms with Gasteiger partial charge in [-0.25, -0.2) is 4.39 Å². The minimum absolute atomic E-state index is 0.0273. The summed E-state index contributed by atoms with van der Waals surface area (Å²) in [5, 5.41) is 0.0946. The van der Waals surface area contributed by atoms with Crippen molar-refractivity contribution in [3.8, 4) is 0 Å². The molecular weight excluding hydrogens is 266 g/mol. The van der Waals surface area contributed by atoms with Gasteiger partial charge in [-0.15, -0.1) is 0 Å². The van der Waals surface area contributed by atoms with Crippen LogP contribution in [0.15, 0.2) is 34.7 Å². The zero-order valence-corrected chi connectivity index (χ0v) is 10.1. The van der Waals surface area contributed by atoms with Crippen LogP contribution in [0.2, 0.25) is 10.2 Å². The Hall–Kier alpha value is -1.32. The smallest absolute Gasteiger partial charge is 0.202 e. The predicted molar refractivity (Wildman–Crippen MR) is 63.2 cm³/mol. The monoisotopic (exact) mass is 272 g/mol. The zero-order valence-electron chi connectivity index (χ0n) is 8.54. The molecule has 0 N–H and O–H groups in total. The average Bonchev–Trinajstić information content (AvgIpc) is 2.72. The van der Waals surface area contributed by atoms with E-state index in [9.17, 15) is 9.18 Å². The summed E-state index contributed by atoms with van der Waals surface area (Å²) in [4.78, 5) is 11.8. The lowest BCUT2D eigenvalue weighted by atomic mass is 10.1. The quantitative estimate of drug-likeness (QED) is 0.786. The molecular formula is C12H7Cl2FO2. The van der Waals surface area contributed by atoms with Gasteiger partial charge in [-0.05, 0) is 35.4 Å². The molecule has 0 amide bonds. The molecule has 1 heterocycles. The van der Waals surface area contributed by atoms with Crippen molar-refractivity contribution in [2.45, 2.75) is 6.42 Å². The van der Waals surface area contributed by atoms with E-state index in [1.165, 1.54) is 24.3 Å². The van der Waals surface area contributed by atoms with Gasteiger partial charge in [0.25, 0.3) is 0 Å². The molecule has 0 saturated carbocycles. The zero-order chi connectivity index (χ0) is 12.4. The maximum atomic E-state index is 13.1. The SMILES string of the molecule is O=C(Cc1cccc(F)c1Cl)c1ccc(Cl)o1. The molecule has 0 atom stereocenters. The highest BCUT2D eigenvalue weighted by molar-refractivity contribution is 6.31. The minimum Gasteiger partial charge on any atom is -0.442 e. The lowest BCUT2D eigenvalue weighted by Crippen LogP contribution is -2.03. The van der Waals surface area contributed by atoms with E-state index in [1.54, 1.807) is 6.07 Å². The molecule has 5 heteroatoms. The number of hydrogen-bond donors (Lipinski definition) is 0. The van der Waals surface area contributed by atoms with E-state index in [2.05, 4.69) is 0 Å². The van der Waals surface area contributed by atoms with Crippen LogP contribution in [-0.4, -0.2) is 5.78 Å². The first-order valence-electron chi connectivity index (χ1n) is 4.79. The van der Waals surface area contributed by atoms with Crippen LogP contribution in [0.1, 0.15) is 16.1 Å². The first kappa shape index (κ1) is 12.1. The molecule has 0 spiro atoms. The minimum atomic E-state index is -0.547. The molecule has 1 aromatic heterocycles. The standard InChI is InChI=1S/C12H7Cl2FO2/c13-11-5-4-10(17-11)9(16)6-7-2-1-3-8(15)12(7)14/h1-5H,6H2. The lowest BCUT2D eigenvalue weighted by molar-refractivity contribution is 0.0966. The molecule has 0 fully saturated rings.